The molecule has 1 unspecified atom stereocenters. The molecular formula is C18H29N3O4S. The van der Waals surface area contributed by atoms with Crippen molar-refractivity contribution in [1.29, 1.82) is 0 Å². The van der Waals surface area contributed by atoms with Crippen molar-refractivity contribution >= 4 is 21.8 Å². The quantitative estimate of drug-likeness (QED) is 0.599. The second-order valence-electron chi connectivity index (χ2n) is 6.96. The lowest BCUT2D eigenvalue weighted by molar-refractivity contribution is -0.130. The fourth-order valence-electron chi connectivity index (χ4n) is 2.34. The molecule has 0 aliphatic heterocycles. The van der Waals surface area contributed by atoms with Gasteiger partial charge in [0.1, 0.15) is 6.04 Å². The van der Waals surface area contributed by atoms with E-state index in [1.165, 1.54) is 19.2 Å². The molecule has 0 heterocycles. The predicted molar refractivity (Wildman–Crippen MR) is 101 cm³/mol. The van der Waals surface area contributed by atoms with Crippen LogP contribution >= 0.6 is 0 Å². The maximum atomic E-state index is 12.4. The minimum atomic E-state index is -3.48. The molecule has 0 aliphatic rings. The number of sulfonamides is 1. The van der Waals surface area contributed by atoms with E-state index in [0.29, 0.717) is 6.42 Å². The Bertz CT molecular complexity index is 712. The molecule has 1 aromatic rings. The standard InChI is InChI=1S/C18H29N3O4S/c1-12(2)10-16(22)21-17(13(3)4)18(23)20-11-14-6-8-15(9-7-14)26(24,25)19-5/h6-9,12-13,17,19H,10-11H2,1-5H3,(H,20,23)(H,21,22). The number of carbonyl (C=O) groups is 2. The van der Waals surface area contributed by atoms with Crippen LogP contribution in [0.15, 0.2) is 29.2 Å². The summed E-state index contributed by atoms with van der Waals surface area (Å²) in [7, 11) is -2.13. The first-order valence-corrected chi connectivity index (χ1v) is 10.1. The van der Waals surface area contributed by atoms with Gasteiger partial charge in [-0.3, -0.25) is 9.59 Å². The number of amides is 2. The van der Waals surface area contributed by atoms with Crippen LogP contribution < -0.4 is 15.4 Å². The molecule has 1 atom stereocenters. The molecule has 26 heavy (non-hydrogen) atoms. The molecule has 146 valence electrons. The SMILES string of the molecule is CNS(=O)(=O)c1ccc(CNC(=O)C(NC(=O)CC(C)C)C(C)C)cc1. The summed E-state index contributed by atoms with van der Waals surface area (Å²) in [5, 5.41) is 5.57. The van der Waals surface area contributed by atoms with E-state index in [2.05, 4.69) is 15.4 Å². The molecule has 1 rings (SSSR count). The van der Waals surface area contributed by atoms with Crippen LogP contribution in [0.5, 0.6) is 0 Å². The van der Waals surface area contributed by atoms with E-state index < -0.39 is 16.1 Å². The molecule has 1 aromatic carbocycles. The van der Waals surface area contributed by atoms with Crippen molar-refractivity contribution in [1.82, 2.24) is 15.4 Å². The highest BCUT2D eigenvalue weighted by atomic mass is 32.2. The predicted octanol–water partition coefficient (Wildman–Crippen LogP) is 1.40. The van der Waals surface area contributed by atoms with E-state index in [1.54, 1.807) is 12.1 Å². The van der Waals surface area contributed by atoms with Crippen LogP contribution in [0.4, 0.5) is 0 Å². The maximum absolute atomic E-state index is 12.4. The molecule has 0 saturated heterocycles. The van der Waals surface area contributed by atoms with Crippen LogP contribution in [0.2, 0.25) is 0 Å². The summed E-state index contributed by atoms with van der Waals surface area (Å²) in [6.45, 7) is 7.89. The molecule has 0 aromatic heterocycles. The Morgan fingerprint density at radius 2 is 1.62 bits per heavy atom. The zero-order valence-corrected chi connectivity index (χ0v) is 16.8. The van der Waals surface area contributed by atoms with Crippen LogP contribution in [0.25, 0.3) is 0 Å². The number of nitrogens with one attached hydrogen (secondary N) is 3. The zero-order valence-electron chi connectivity index (χ0n) is 16.0. The summed E-state index contributed by atoms with van der Waals surface area (Å²) in [6, 6.07) is 5.65. The summed E-state index contributed by atoms with van der Waals surface area (Å²) >= 11 is 0. The number of hydrogen-bond acceptors (Lipinski definition) is 4. The largest absolute Gasteiger partial charge is 0.350 e. The third-order valence-electron chi connectivity index (χ3n) is 3.83. The molecule has 0 aliphatic carbocycles. The first-order valence-electron chi connectivity index (χ1n) is 8.66. The average Bonchev–Trinajstić information content (AvgIpc) is 2.57. The van der Waals surface area contributed by atoms with Crippen molar-refractivity contribution in [3.63, 3.8) is 0 Å². The lowest BCUT2D eigenvalue weighted by atomic mass is 10.0. The molecule has 0 saturated carbocycles. The van der Waals surface area contributed by atoms with Gasteiger partial charge in [0.05, 0.1) is 4.90 Å². The molecule has 0 radical (unpaired) electrons. The van der Waals surface area contributed by atoms with Crippen molar-refractivity contribution in [2.75, 3.05) is 7.05 Å². The van der Waals surface area contributed by atoms with E-state index in [-0.39, 0.29) is 35.1 Å². The Hall–Kier alpha value is -1.93. The topological polar surface area (TPSA) is 104 Å². The van der Waals surface area contributed by atoms with Gasteiger partial charge < -0.3 is 10.6 Å². The van der Waals surface area contributed by atoms with Crippen LogP contribution in [-0.4, -0.2) is 33.3 Å². The fourth-order valence-corrected chi connectivity index (χ4v) is 3.07. The maximum Gasteiger partial charge on any atom is 0.243 e. The van der Waals surface area contributed by atoms with Crippen molar-refractivity contribution in [3.05, 3.63) is 29.8 Å². The zero-order chi connectivity index (χ0) is 19.9. The summed E-state index contributed by atoms with van der Waals surface area (Å²) in [5.74, 6) is -0.230. The van der Waals surface area contributed by atoms with Gasteiger partial charge in [-0.25, -0.2) is 13.1 Å². The Balaban J connectivity index is 2.69. The minimum Gasteiger partial charge on any atom is -0.350 e. The Morgan fingerprint density at radius 3 is 2.08 bits per heavy atom. The summed E-state index contributed by atoms with van der Waals surface area (Å²) < 4.78 is 25.6. The van der Waals surface area contributed by atoms with Gasteiger partial charge in [-0.15, -0.1) is 0 Å². The first-order chi connectivity index (χ1) is 12.1. The van der Waals surface area contributed by atoms with Crippen LogP contribution in [0.3, 0.4) is 0 Å². The van der Waals surface area contributed by atoms with Crippen molar-refractivity contribution in [2.24, 2.45) is 11.8 Å². The van der Waals surface area contributed by atoms with Gasteiger partial charge in [0.25, 0.3) is 0 Å². The van der Waals surface area contributed by atoms with Gasteiger partial charge in [0.15, 0.2) is 0 Å². The van der Waals surface area contributed by atoms with Crippen LogP contribution in [0, 0.1) is 11.8 Å². The molecule has 8 heteroatoms. The average molecular weight is 384 g/mol. The lowest BCUT2D eigenvalue weighted by Crippen LogP contribution is -2.49. The number of carbonyl (C=O) groups excluding carboxylic acids is 2. The minimum absolute atomic E-state index is 0.0470. The lowest BCUT2D eigenvalue weighted by Gasteiger charge is -2.22. The van der Waals surface area contributed by atoms with Gasteiger partial charge >= 0.3 is 0 Å². The van der Waals surface area contributed by atoms with E-state index >= 15 is 0 Å². The monoisotopic (exact) mass is 383 g/mol. The van der Waals surface area contributed by atoms with Gasteiger partial charge in [-0.1, -0.05) is 39.8 Å². The second kappa shape index (κ2) is 9.68. The normalized spacial score (nSPS) is 12.9. The molecule has 0 spiro atoms. The molecule has 0 bridgehead atoms. The van der Waals surface area contributed by atoms with Crippen LogP contribution in [0.1, 0.15) is 39.7 Å². The Kier molecular flexibility index (Phi) is 8.23. The summed E-state index contributed by atoms with van der Waals surface area (Å²) in [5.41, 5.74) is 0.768. The van der Waals surface area contributed by atoms with Gasteiger partial charge in [-0.05, 0) is 36.6 Å². The van der Waals surface area contributed by atoms with Gasteiger partial charge in [-0.2, -0.15) is 0 Å². The van der Waals surface area contributed by atoms with Crippen molar-refractivity contribution in [3.8, 4) is 0 Å². The molecule has 2 amide bonds. The third kappa shape index (κ3) is 6.76. The number of benzene rings is 1. The van der Waals surface area contributed by atoms with Crippen molar-refractivity contribution < 1.29 is 18.0 Å². The third-order valence-corrected chi connectivity index (χ3v) is 5.26. The van der Waals surface area contributed by atoms with E-state index in [4.69, 9.17) is 0 Å². The van der Waals surface area contributed by atoms with E-state index in [1.807, 2.05) is 27.7 Å². The highest BCUT2D eigenvalue weighted by molar-refractivity contribution is 7.89. The second-order valence-corrected chi connectivity index (χ2v) is 8.84. The highest BCUT2D eigenvalue weighted by Gasteiger charge is 2.24. The van der Waals surface area contributed by atoms with E-state index in [0.717, 1.165) is 5.56 Å². The number of hydrogen-bond donors (Lipinski definition) is 3. The number of rotatable bonds is 9. The van der Waals surface area contributed by atoms with Gasteiger partial charge in [0, 0.05) is 13.0 Å². The molecule has 3 N–H and O–H groups in total. The van der Waals surface area contributed by atoms with E-state index in [9.17, 15) is 18.0 Å². The smallest absolute Gasteiger partial charge is 0.243 e. The fraction of sp³-hybridized carbons (Fsp3) is 0.556. The Labute approximate surface area is 156 Å². The molecular weight excluding hydrogens is 354 g/mol. The first kappa shape index (κ1) is 22.1. The molecule has 7 nitrogen and oxygen atoms in total. The Morgan fingerprint density at radius 1 is 1.04 bits per heavy atom. The highest BCUT2D eigenvalue weighted by Crippen LogP contribution is 2.10. The van der Waals surface area contributed by atoms with Crippen molar-refractivity contribution in [2.45, 2.75) is 51.6 Å². The summed E-state index contributed by atoms with van der Waals surface area (Å²) in [6.07, 6.45) is 0.373. The molecule has 0 fully saturated rings. The van der Waals surface area contributed by atoms with Crippen LogP contribution in [-0.2, 0) is 26.2 Å². The summed E-state index contributed by atoms with van der Waals surface area (Å²) in [4.78, 5) is 24.5. The van der Waals surface area contributed by atoms with Gasteiger partial charge in [0.2, 0.25) is 21.8 Å².